The first kappa shape index (κ1) is 21.4. The Hall–Kier alpha value is -2.33. The lowest BCUT2D eigenvalue weighted by molar-refractivity contribution is -0.128. The molecule has 1 aliphatic rings. The summed E-state index contributed by atoms with van der Waals surface area (Å²) in [5, 5.41) is 3.21. The third kappa shape index (κ3) is 5.83. The van der Waals surface area contributed by atoms with Gasteiger partial charge < -0.3 is 15.0 Å². The van der Waals surface area contributed by atoms with Crippen molar-refractivity contribution in [1.29, 1.82) is 0 Å². The fourth-order valence-corrected chi connectivity index (χ4v) is 4.32. The number of benzene rings is 2. The fraction of sp³-hybridized carbons (Fsp3) is 0.480. The number of para-hydroxylation sites is 1. The summed E-state index contributed by atoms with van der Waals surface area (Å²) in [7, 11) is 4.39. The summed E-state index contributed by atoms with van der Waals surface area (Å²) < 4.78 is 5.76. The highest BCUT2D eigenvalue weighted by molar-refractivity contribution is 5.81. The molecule has 2 aromatic carbocycles. The molecule has 4 nitrogen and oxygen atoms in total. The topological polar surface area (TPSA) is 41.6 Å². The molecule has 29 heavy (non-hydrogen) atoms. The van der Waals surface area contributed by atoms with Gasteiger partial charge in [-0.2, -0.15) is 0 Å². The SMILES string of the molecule is CC(Oc1ccccc1)C(=O)NC1CCC(CCc2ccccc2)(N(C)C)CC1. The van der Waals surface area contributed by atoms with Crippen molar-refractivity contribution in [1.82, 2.24) is 10.2 Å². The number of amides is 1. The van der Waals surface area contributed by atoms with E-state index in [1.54, 1.807) is 0 Å². The molecule has 0 aromatic heterocycles. The summed E-state index contributed by atoms with van der Waals surface area (Å²) in [4.78, 5) is 15.0. The number of aryl methyl sites for hydroxylation is 1. The standard InChI is InChI=1S/C25H34N2O2/c1-20(29-23-12-8-5-9-13-23)24(28)26-22-15-18-25(19-16-22,27(2)3)17-14-21-10-6-4-7-11-21/h4-13,20,22H,14-19H2,1-3H3,(H,26,28). The molecule has 1 unspecified atom stereocenters. The monoisotopic (exact) mass is 394 g/mol. The van der Waals surface area contributed by atoms with Crippen molar-refractivity contribution >= 4 is 5.91 Å². The second-order valence-corrected chi connectivity index (χ2v) is 8.46. The van der Waals surface area contributed by atoms with E-state index in [9.17, 15) is 4.79 Å². The average Bonchev–Trinajstić information content (AvgIpc) is 2.74. The summed E-state index contributed by atoms with van der Waals surface area (Å²) in [5.41, 5.74) is 1.61. The summed E-state index contributed by atoms with van der Waals surface area (Å²) >= 11 is 0. The lowest BCUT2D eigenvalue weighted by Gasteiger charge is -2.45. The van der Waals surface area contributed by atoms with Crippen LogP contribution >= 0.6 is 0 Å². The minimum atomic E-state index is -0.490. The summed E-state index contributed by atoms with van der Waals surface area (Å²) in [6.45, 7) is 1.81. The van der Waals surface area contributed by atoms with Gasteiger partial charge in [-0.05, 0) is 77.2 Å². The number of carbonyl (C=O) groups is 1. The van der Waals surface area contributed by atoms with Crippen molar-refractivity contribution in [2.45, 2.75) is 63.1 Å². The van der Waals surface area contributed by atoms with Crippen LogP contribution in [-0.2, 0) is 11.2 Å². The molecular formula is C25H34N2O2. The van der Waals surface area contributed by atoms with Crippen LogP contribution in [-0.4, -0.2) is 42.6 Å². The quantitative estimate of drug-likeness (QED) is 0.719. The minimum Gasteiger partial charge on any atom is -0.481 e. The van der Waals surface area contributed by atoms with Gasteiger partial charge in [0.25, 0.3) is 5.91 Å². The Morgan fingerprint density at radius 1 is 1.07 bits per heavy atom. The molecule has 4 heteroatoms. The Bertz CT molecular complexity index is 753. The van der Waals surface area contributed by atoms with Crippen LogP contribution in [0.3, 0.4) is 0 Å². The molecule has 0 saturated heterocycles. The van der Waals surface area contributed by atoms with Crippen molar-refractivity contribution < 1.29 is 9.53 Å². The Labute approximate surface area is 175 Å². The van der Waals surface area contributed by atoms with Gasteiger partial charge in [0.15, 0.2) is 6.10 Å². The Morgan fingerprint density at radius 3 is 2.24 bits per heavy atom. The van der Waals surface area contributed by atoms with E-state index in [0.717, 1.165) is 44.3 Å². The van der Waals surface area contributed by atoms with Crippen molar-refractivity contribution in [2.24, 2.45) is 0 Å². The molecule has 1 saturated carbocycles. The van der Waals surface area contributed by atoms with Crippen LogP contribution in [0.5, 0.6) is 5.75 Å². The predicted octanol–water partition coefficient (Wildman–Crippen LogP) is 4.45. The van der Waals surface area contributed by atoms with Crippen LogP contribution in [0.1, 0.15) is 44.6 Å². The van der Waals surface area contributed by atoms with Gasteiger partial charge >= 0.3 is 0 Å². The van der Waals surface area contributed by atoms with Crippen molar-refractivity contribution in [3.8, 4) is 5.75 Å². The zero-order valence-corrected chi connectivity index (χ0v) is 17.9. The number of rotatable bonds is 8. The van der Waals surface area contributed by atoms with E-state index < -0.39 is 6.10 Å². The number of nitrogens with one attached hydrogen (secondary N) is 1. The minimum absolute atomic E-state index is 0.0273. The molecule has 1 amide bonds. The number of hydrogen-bond acceptors (Lipinski definition) is 3. The predicted molar refractivity (Wildman–Crippen MR) is 118 cm³/mol. The zero-order valence-electron chi connectivity index (χ0n) is 17.9. The molecule has 1 fully saturated rings. The molecule has 1 N–H and O–H groups in total. The van der Waals surface area contributed by atoms with E-state index in [1.165, 1.54) is 5.56 Å². The Balaban J connectivity index is 1.50. The largest absolute Gasteiger partial charge is 0.481 e. The second kappa shape index (κ2) is 9.93. The van der Waals surface area contributed by atoms with Crippen LogP contribution in [0, 0.1) is 0 Å². The van der Waals surface area contributed by atoms with E-state index in [2.05, 4.69) is 54.6 Å². The van der Waals surface area contributed by atoms with Crippen molar-refractivity contribution in [3.63, 3.8) is 0 Å². The van der Waals surface area contributed by atoms with Crippen LogP contribution in [0.15, 0.2) is 60.7 Å². The van der Waals surface area contributed by atoms with Crippen LogP contribution < -0.4 is 10.1 Å². The third-order valence-electron chi connectivity index (χ3n) is 6.36. The van der Waals surface area contributed by atoms with Crippen molar-refractivity contribution in [2.75, 3.05) is 14.1 Å². The Kier molecular flexibility index (Phi) is 7.32. The van der Waals surface area contributed by atoms with Gasteiger partial charge in [-0.15, -0.1) is 0 Å². The number of nitrogens with zero attached hydrogens (tertiary/aromatic N) is 1. The van der Waals surface area contributed by atoms with Gasteiger partial charge in [-0.3, -0.25) is 4.79 Å². The molecular weight excluding hydrogens is 360 g/mol. The number of carbonyl (C=O) groups excluding carboxylic acids is 1. The maximum Gasteiger partial charge on any atom is 0.260 e. The molecule has 3 rings (SSSR count). The second-order valence-electron chi connectivity index (χ2n) is 8.46. The zero-order chi connectivity index (χ0) is 20.7. The third-order valence-corrected chi connectivity index (χ3v) is 6.36. The summed E-state index contributed by atoms with van der Waals surface area (Å²) in [6.07, 6.45) is 5.98. The fourth-order valence-electron chi connectivity index (χ4n) is 4.32. The highest BCUT2D eigenvalue weighted by Crippen LogP contribution is 2.36. The molecule has 0 heterocycles. The van der Waals surface area contributed by atoms with E-state index in [1.807, 2.05) is 37.3 Å². The van der Waals surface area contributed by atoms with Crippen LogP contribution in [0.4, 0.5) is 0 Å². The van der Waals surface area contributed by atoms with E-state index >= 15 is 0 Å². The van der Waals surface area contributed by atoms with Gasteiger partial charge in [-0.25, -0.2) is 0 Å². The molecule has 0 aliphatic heterocycles. The normalized spacial score (nSPS) is 22.8. The molecule has 0 spiro atoms. The highest BCUT2D eigenvalue weighted by Gasteiger charge is 2.37. The first-order valence-electron chi connectivity index (χ1n) is 10.7. The number of hydrogen-bond donors (Lipinski definition) is 1. The van der Waals surface area contributed by atoms with E-state index in [4.69, 9.17) is 4.74 Å². The van der Waals surface area contributed by atoms with Gasteiger partial charge in [0.2, 0.25) is 0 Å². The molecule has 0 radical (unpaired) electrons. The number of ether oxygens (including phenoxy) is 1. The Morgan fingerprint density at radius 2 is 1.66 bits per heavy atom. The maximum atomic E-state index is 12.6. The maximum absolute atomic E-state index is 12.6. The van der Waals surface area contributed by atoms with Crippen molar-refractivity contribution in [3.05, 3.63) is 66.2 Å². The van der Waals surface area contributed by atoms with Gasteiger partial charge in [0, 0.05) is 11.6 Å². The van der Waals surface area contributed by atoms with Gasteiger partial charge in [-0.1, -0.05) is 48.5 Å². The van der Waals surface area contributed by atoms with Gasteiger partial charge in [0.05, 0.1) is 0 Å². The highest BCUT2D eigenvalue weighted by atomic mass is 16.5. The van der Waals surface area contributed by atoms with Crippen LogP contribution in [0.25, 0.3) is 0 Å². The molecule has 0 bridgehead atoms. The van der Waals surface area contributed by atoms with Gasteiger partial charge in [0.1, 0.15) is 5.75 Å². The molecule has 1 atom stereocenters. The lowest BCUT2D eigenvalue weighted by Crippen LogP contribution is -2.52. The summed E-state index contributed by atoms with van der Waals surface area (Å²) in [6, 6.07) is 20.5. The average molecular weight is 395 g/mol. The first-order chi connectivity index (χ1) is 14.0. The van der Waals surface area contributed by atoms with E-state index in [-0.39, 0.29) is 17.5 Å². The summed E-state index contributed by atoms with van der Waals surface area (Å²) in [5.74, 6) is 0.701. The van der Waals surface area contributed by atoms with Crippen LogP contribution in [0.2, 0.25) is 0 Å². The smallest absolute Gasteiger partial charge is 0.260 e. The molecule has 156 valence electrons. The molecule has 2 aromatic rings. The van der Waals surface area contributed by atoms with E-state index in [0.29, 0.717) is 0 Å². The first-order valence-corrected chi connectivity index (χ1v) is 10.7. The molecule has 1 aliphatic carbocycles. The lowest BCUT2D eigenvalue weighted by atomic mass is 9.75.